The van der Waals surface area contributed by atoms with E-state index in [1.807, 2.05) is 30.3 Å². The molecule has 1 unspecified atom stereocenters. The number of halogens is 1. The molecule has 0 aliphatic heterocycles. The van der Waals surface area contributed by atoms with E-state index in [0.717, 1.165) is 11.1 Å². The van der Waals surface area contributed by atoms with Gasteiger partial charge in [-0.05, 0) is 47.5 Å². The molecular formula is C26H22FN3O4. The minimum Gasteiger partial charge on any atom is -0.459 e. The highest BCUT2D eigenvalue weighted by atomic mass is 19.1. The van der Waals surface area contributed by atoms with Crippen LogP contribution in [0.25, 0.3) is 0 Å². The lowest BCUT2D eigenvalue weighted by Gasteiger charge is -2.18. The summed E-state index contributed by atoms with van der Waals surface area (Å²) in [4.78, 5) is 29.6. The lowest BCUT2D eigenvalue weighted by molar-refractivity contribution is -0.123. The molecule has 0 saturated heterocycles. The summed E-state index contributed by atoms with van der Waals surface area (Å²) in [5.74, 6) is -0.218. The third kappa shape index (κ3) is 6.29. The van der Waals surface area contributed by atoms with Crippen molar-refractivity contribution < 1.29 is 23.1 Å². The molecule has 1 atom stereocenters. The number of nitrogens with zero attached hydrogens (tertiary/aromatic N) is 1. The summed E-state index contributed by atoms with van der Waals surface area (Å²) < 4.78 is 23.7. The highest BCUT2D eigenvalue weighted by molar-refractivity contribution is 5.95. The largest absolute Gasteiger partial charge is 0.459 e. The van der Waals surface area contributed by atoms with E-state index in [1.54, 1.807) is 24.4 Å². The van der Waals surface area contributed by atoms with Crippen LogP contribution in [0.3, 0.4) is 0 Å². The molecule has 0 aliphatic carbocycles. The second-order valence-electron chi connectivity index (χ2n) is 7.47. The average molecular weight is 459 g/mol. The highest BCUT2D eigenvalue weighted by Crippen LogP contribution is 2.19. The number of ether oxygens (including phenoxy) is 1. The van der Waals surface area contributed by atoms with Gasteiger partial charge in [-0.15, -0.1) is 0 Å². The number of aromatic nitrogens is 1. The maximum atomic E-state index is 13.0. The van der Waals surface area contributed by atoms with Gasteiger partial charge in [-0.1, -0.05) is 36.4 Å². The molecule has 2 N–H and O–H groups in total. The van der Waals surface area contributed by atoms with Gasteiger partial charge in [0.1, 0.15) is 17.6 Å². The fraction of sp³-hybridized carbons (Fsp3) is 0.115. The van der Waals surface area contributed by atoms with Gasteiger partial charge in [-0.2, -0.15) is 0 Å². The molecule has 34 heavy (non-hydrogen) atoms. The zero-order valence-electron chi connectivity index (χ0n) is 18.1. The molecule has 0 spiro atoms. The molecule has 2 amide bonds. The van der Waals surface area contributed by atoms with Gasteiger partial charge in [0.05, 0.1) is 6.26 Å². The number of carbonyl (C=O) groups is 2. The summed E-state index contributed by atoms with van der Waals surface area (Å²) in [6.45, 7) is 0.213. The van der Waals surface area contributed by atoms with Gasteiger partial charge in [0.2, 0.25) is 11.8 Å². The summed E-state index contributed by atoms with van der Waals surface area (Å²) in [5, 5.41) is 5.58. The summed E-state index contributed by atoms with van der Waals surface area (Å²) in [6, 6.07) is 20.8. The SMILES string of the molecule is O=C(NC(Cc1ccccc1)C(=O)NCc1ccc(Oc2ccc(F)cc2)nc1)c1ccco1. The fourth-order valence-electron chi connectivity index (χ4n) is 3.21. The van der Waals surface area contributed by atoms with Gasteiger partial charge in [0, 0.05) is 25.2 Å². The zero-order valence-corrected chi connectivity index (χ0v) is 18.1. The smallest absolute Gasteiger partial charge is 0.287 e. The monoisotopic (exact) mass is 459 g/mol. The van der Waals surface area contributed by atoms with Crippen LogP contribution in [-0.2, 0) is 17.8 Å². The van der Waals surface area contributed by atoms with Crippen molar-refractivity contribution in [3.8, 4) is 11.6 Å². The van der Waals surface area contributed by atoms with E-state index < -0.39 is 11.9 Å². The molecule has 2 aromatic heterocycles. The van der Waals surface area contributed by atoms with E-state index in [2.05, 4.69) is 15.6 Å². The van der Waals surface area contributed by atoms with Crippen molar-refractivity contribution in [3.05, 3.63) is 114 Å². The van der Waals surface area contributed by atoms with Gasteiger partial charge >= 0.3 is 0 Å². The standard InChI is InChI=1S/C26H22FN3O4/c27-20-9-11-21(12-10-20)34-24-13-8-19(16-28-24)17-29-25(31)22(15-18-5-2-1-3-6-18)30-26(32)23-7-4-14-33-23/h1-14,16,22H,15,17H2,(H,29,31)(H,30,32). The maximum absolute atomic E-state index is 13.0. The number of amides is 2. The van der Waals surface area contributed by atoms with Crippen LogP contribution < -0.4 is 15.4 Å². The van der Waals surface area contributed by atoms with Gasteiger partial charge < -0.3 is 19.8 Å². The normalized spacial score (nSPS) is 11.4. The molecule has 7 nitrogen and oxygen atoms in total. The van der Waals surface area contributed by atoms with Gasteiger partial charge in [-0.3, -0.25) is 9.59 Å². The Hall–Kier alpha value is -4.46. The predicted molar refractivity (Wildman–Crippen MR) is 123 cm³/mol. The quantitative estimate of drug-likeness (QED) is 0.390. The first-order chi connectivity index (χ1) is 16.6. The Morgan fingerprint density at radius 1 is 0.941 bits per heavy atom. The van der Waals surface area contributed by atoms with Gasteiger partial charge in [0.15, 0.2) is 5.76 Å². The molecule has 0 bridgehead atoms. The number of benzene rings is 2. The lowest BCUT2D eigenvalue weighted by Crippen LogP contribution is -2.47. The third-order valence-corrected chi connectivity index (χ3v) is 4.95. The number of furan rings is 1. The van der Waals surface area contributed by atoms with Crippen LogP contribution in [0.2, 0.25) is 0 Å². The number of rotatable bonds is 9. The van der Waals surface area contributed by atoms with E-state index in [1.165, 1.54) is 36.6 Å². The minimum absolute atomic E-state index is 0.131. The van der Waals surface area contributed by atoms with Crippen molar-refractivity contribution >= 4 is 11.8 Å². The molecular weight excluding hydrogens is 437 g/mol. The van der Waals surface area contributed by atoms with Crippen LogP contribution in [0, 0.1) is 5.82 Å². The summed E-state index contributed by atoms with van der Waals surface area (Å²) in [6.07, 6.45) is 3.30. The van der Waals surface area contributed by atoms with Gasteiger partial charge in [-0.25, -0.2) is 9.37 Å². The second-order valence-corrected chi connectivity index (χ2v) is 7.47. The molecule has 8 heteroatoms. The second kappa shape index (κ2) is 10.9. The minimum atomic E-state index is -0.797. The Balaban J connectivity index is 1.37. The van der Waals surface area contributed by atoms with Crippen LogP contribution in [0.1, 0.15) is 21.7 Å². The highest BCUT2D eigenvalue weighted by Gasteiger charge is 2.23. The Labute approximate surface area is 195 Å². The maximum Gasteiger partial charge on any atom is 0.287 e. The van der Waals surface area contributed by atoms with Crippen molar-refractivity contribution in [2.45, 2.75) is 19.0 Å². The van der Waals surface area contributed by atoms with E-state index in [0.29, 0.717) is 18.1 Å². The number of hydrogen-bond donors (Lipinski definition) is 2. The fourth-order valence-corrected chi connectivity index (χ4v) is 3.21. The molecule has 172 valence electrons. The van der Waals surface area contributed by atoms with Crippen LogP contribution in [0.4, 0.5) is 4.39 Å². The Bertz CT molecular complexity index is 1210. The molecule has 0 fully saturated rings. The summed E-state index contributed by atoms with van der Waals surface area (Å²) >= 11 is 0. The molecule has 2 heterocycles. The first-order valence-electron chi connectivity index (χ1n) is 10.6. The van der Waals surface area contributed by atoms with Gasteiger partial charge in [0.25, 0.3) is 5.91 Å². The lowest BCUT2D eigenvalue weighted by atomic mass is 10.0. The van der Waals surface area contributed by atoms with Crippen molar-refractivity contribution in [1.82, 2.24) is 15.6 Å². The van der Waals surface area contributed by atoms with Crippen LogP contribution in [0.15, 0.2) is 95.7 Å². The zero-order chi connectivity index (χ0) is 23.8. The molecule has 0 saturated carbocycles. The van der Waals surface area contributed by atoms with E-state index in [-0.39, 0.29) is 24.0 Å². The molecule has 0 radical (unpaired) electrons. The number of carbonyl (C=O) groups excluding carboxylic acids is 2. The summed E-state index contributed by atoms with van der Waals surface area (Å²) in [7, 11) is 0. The Morgan fingerprint density at radius 3 is 2.41 bits per heavy atom. The first-order valence-corrected chi connectivity index (χ1v) is 10.6. The average Bonchev–Trinajstić information content (AvgIpc) is 3.40. The Morgan fingerprint density at radius 2 is 1.74 bits per heavy atom. The van der Waals surface area contributed by atoms with Crippen molar-refractivity contribution in [2.75, 3.05) is 0 Å². The van der Waals surface area contributed by atoms with E-state index >= 15 is 0 Å². The first kappa shape index (κ1) is 22.7. The molecule has 4 rings (SSSR count). The van der Waals surface area contributed by atoms with Crippen molar-refractivity contribution in [3.63, 3.8) is 0 Å². The van der Waals surface area contributed by atoms with Crippen LogP contribution in [0.5, 0.6) is 11.6 Å². The van der Waals surface area contributed by atoms with E-state index in [4.69, 9.17) is 9.15 Å². The number of nitrogens with one attached hydrogen (secondary N) is 2. The van der Waals surface area contributed by atoms with Crippen LogP contribution in [-0.4, -0.2) is 22.8 Å². The molecule has 2 aromatic carbocycles. The van der Waals surface area contributed by atoms with Crippen molar-refractivity contribution in [1.29, 1.82) is 0 Å². The molecule has 0 aliphatic rings. The number of hydrogen-bond acceptors (Lipinski definition) is 5. The van der Waals surface area contributed by atoms with Crippen LogP contribution >= 0.6 is 0 Å². The topological polar surface area (TPSA) is 93.5 Å². The number of pyridine rings is 1. The van der Waals surface area contributed by atoms with E-state index in [9.17, 15) is 14.0 Å². The molecule has 4 aromatic rings. The Kier molecular flexibility index (Phi) is 7.29. The van der Waals surface area contributed by atoms with Crippen molar-refractivity contribution in [2.24, 2.45) is 0 Å². The summed E-state index contributed by atoms with van der Waals surface area (Å²) in [5.41, 5.74) is 1.65. The third-order valence-electron chi connectivity index (χ3n) is 4.95. The predicted octanol–water partition coefficient (Wildman–Crippen LogP) is 4.26.